The van der Waals surface area contributed by atoms with Crippen LogP contribution in [0.2, 0.25) is 5.15 Å². The predicted octanol–water partition coefficient (Wildman–Crippen LogP) is 2.18. The summed E-state index contributed by atoms with van der Waals surface area (Å²) >= 11 is 7.89. The molecule has 0 bridgehead atoms. The van der Waals surface area contributed by atoms with Crippen LogP contribution in [0, 0.1) is 0 Å². The number of aromatic nitrogens is 2. The van der Waals surface area contributed by atoms with Crippen molar-refractivity contribution in [3.63, 3.8) is 0 Å². The van der Waals surface area contributed by atoms with Crippen LogP contribution in [0.15, 0.2) is 6.33 Å². The number of nitrogens with zero attached hydrogens (tertiary/aromatic N) is 4. The summed E-state index contributed by atoms with van der Waals surface area (Å²) in [7, 11) is 3.59. The Balaban J connectivity index is 1.76. The van der Waals surface area contributed by atoms with E-state index in [2.05, 4.69) is 14.9 Å². The highest BCUT2D eigenvalue weighted by Crippen LogP contribution is 2.36. The number of halogens is 1. The molecular formula is C14H17ClN4OS. The van der Waals surface area contributed by atoms with Gasteiger partial charge < -0.3 is 4.90 Å². The molecule has 0 N–H and O–H groups in total. The Morgan fingerprint density at radius 2 is 2.29 bits per heavy atom. The van der Waals surface area contributed by atoms with Crippen molar-refractivity contribution in [2.75, 3.05) is 27.2 Å². The number of fused-ring (bicyclic) bond motifs is 3. The molecule has 0 unspecified atom stereocenters. The molecule has 21 heavy (non-hydrogen) atoms. The van der Waals surface area contributed by atoms with Gasteiger partial charge in [0.25, 0.3) is 0 Å². The van der Waals surface area contributed by atoms with Gasteiger partial charge >= 0.3 is 0 Å². The van der Waals surface area contributed by atoms with E-state index in [9.17, 15) is 4.79 Å². The summed E-state index contributed by atoms with van der Waals surface area (Å²) in [5.41, 5.74) is 1.29. The van der Waals surface area contributed by atoms with E-state index in [-0.39, 0.29) is 5.91 Å². The number of hydrogen-bond acceptors (Lipinski definition) is 5. The average molecular weight is 325 g/mol. The maximum Gasteiger partial charge on any atom is 0.223 e. The third-order valence-electron chi connectivity index (χ3n) is 3.81. The van der Waals surface area contributed by atoms with Crippen LogP contribution in [0.5, 0.6) is 0 Å². The van der Waals surface area contributed by atoms with Crippen molar-refractivity contribution in [1.82, 2.24) is 19.8 Å². The normalized spacial score (nSPS) is 15.2. The smallest absolute Gasteiger partial charge is 0.223 e. The zero-order valence-corrected chi connectivity index (χ0v) is 13.7. The Bertz CT molecular complexity index is 685. The summed E-state index contributed by atoms with van der Waals surface area (Å²) in [4.78, 5) is 26.3. The van der Waals surface area contributed by atoms with Gasteiger partial charge in [0, 0.05) is 45.0 Å². The standard InChI is InChI=1S/C14H17ClN4OS/c1-18(2)11(20)4-6-19-5-3-9-10(7-19)21-14-12(9)13(15)16-8-17-14/h8H,3-7H2,1-2H3. The van der Waals surface area contributed by atoms with E-state index >= 15 is 0 Å². The van der Waals surface area contributed by atoms with Gasteiger partial charge in [0.05, 0.1) is 5.39 Å². The van der Waals surface area contributed by atoms with Gasteiger partial charge in [-0.05, 0) is 12.0 Å². The van der Waals surface area contributed by atoms with Crippen LogP contribution in [-0.2, 0) is 17.8 Å². The number of thiophene rings is 1. The number of amides is 1. The zero-order valence-electron chi connectivity index (χ0n) is 12.1. The van der Waals surface area contributed by atoms with E-state index in [1.165, 1.54) is 16.8 Å². The summed E-state index contributed by atoms with van der Waals surface area (Å²) in [6.07, 6.45) is 3.02. The highest BCUT2D eigenvalue weighted by atomic mass is 35.5. The molecule has 2 aromatic rings. The molecule has 0 fully saturated rings. The van der Waals surface area contributed by atoms with Crippen molar-refractivity contribution in [1.29, 1.82) is 0 Å². The zero-order chi connectivity index (χ0) is 15.0. The Kier molecular flexibility index (Phi) is 4.10. The summed E-state index contributed by atoms with van der Waals surface area (Å²) in [5, 5.41) is 1.57. The molecule has 3 rings (SSSR count). The predicted molar refractivity (Wildman–Crippen MR) is 84.7 cm³/mol. The second-order valence-corrected chi connectivity index (χ2v) is 6.85. The van der Waals surface area contributed by atoms with Crippen molar-refractivity contribution in [2.45, 2.75) is 19.4 Å². The molecule has 1 aliphatic heterocycles. The Morgan fingerprint density at radius 3 is 3.05 bits per heavy atom. The van der Waals surface area contributed by atoms with Gasteiger partial charge in [-0.2, -0.15) is 0 Å². The topological polar surface area (TPSA) is 49.3 Å². The Morgan fingerprint density at radius 1 is 1.48 bits per heavy atom. The minimum absolute atomic E-state index is 0.172. The van der Waals surface area contributed by atoms with E-state index in [1.54, 1.807) is 30.3 Å². The molecule has 0 aromatic carbocycles. The summed E-state index contributed by atoms with van der Waals surface area (Å²) in [6.45, 7) is 2.61. The van der Waals surface area contributed by atoms with E-state index in [0.717, 1.165) is 36.3 Å². The van der Waals surface area contributed by atoms with Crippen LogP contribution >= 0.6 is 22.9 Å². The van der Waals surface area contributed by atoms with Gasteiger partial charge in [0.2, 0.25) is 5.91 Å². The number of carbonyl (C=O) groups excluding carboxylic acids is 1. The lowest BCUT2D eigenvalue weighted by atomic mass is 10.1. The molecule has 0 saturated carbocycles. The largest absolute Gasteiger partial charge is 0.349 e. The van der Waals surface area contributed by atoms with Gasteiger partial charge in [0.1, 0.15) is 16.3 Å². The lowest BCUT2D eigenvalue weighted by Crippen LogP contribution is -2.33. The molecule has 0 saturated heterocycles. The van der Waals surface area contributed by atoms with Crippen LogP contribution in [0.1, 0.15) is 16.9 Å². The molecule has 0 atom stereocenters. The fourth-order valence-electron chi connectivity index (χ4n) is 2.61. The lowest BCUT2D eigenvalue weighted by molar-refractivity contribution is -0.129. The molecule has 5 nitrogen and oxygen atoms in total. The van der Waals surface area contributed by atoms with E-state index in [0.29, 0.717) is 11.6 Å². The summed E-state index contributed by atoms with van der Waals surface area (Å²) < 4.78 is 0. The highest BCUT2D eigenvalue weighted by molar-refractivity contribution is 7.19. The molecule has 0 spiro atoms. The molecule has 3 heterocycles. The second-order valence-electron chi connectivity index (χ2n) is 5.41. The Hall–Kier alpha value is -1.24. The SMILES string of the molecule is CN(C)C(=O)CCN1CCc2c(sc3ncnc(Cl)c23)C1. The lowest BCUT2D eigenvalue weighted by Gasteiger charge is -2.27. The molecule has 7 heteroatoms. The van der Waals surface area contributed by atoms with Gasteiger partial charge in [-0.15, -0.1) is 11.3 Å². The molecule has 0 radical (unpaired) electrons. The monoisotopic (exact) mass is 324 g/mol. The van der Waals surface area contributed by atoms with Crippen molar-refractivity contribution in [3.8, 4) is 0 Å². The highest BCUT2D eigenvalue weighted by Gasteiger charge is 2.23. The first-order valence-corrected chi connectivity index (χ1v) is 8.09. The quantitative estimate of drug-likeness (QED) is 0.812. The van der Waals surface area contributed by atoms with Crippen LogP contribution < -0.4 is 0 Å². The first kappa shape index (κ1) is 14.7. The minimum atomic E-state index is 0.172. The second kappa shape index (κ2) is 5.87. The molecule has 1 aliphatic rings. The van der Waals surface area contributed by atoms with Crippen molar-refractivity contribution in [2.24, 2.45) is 0 Å². The van der Waals surface area contributed by atoms with E-state index in [1.807, 2.05) is 0 Å². The van der Waals surface area contributed by atoms with Gasteiger partial charge in [-0.3, -0.25) is 9.69 Å². The number of carbonyl (C=O) groups is 1. The van der Waals surface area contributed by atoms with Crippen molar-refractivity contribution >= 4 is 39.1 Å². The first-order chi connectivity index (χ1) is 10.1. The van der Waals surface area contributed by atoms with Crippen molar-refractivity contribution in [3.05, 3.63) is 21.9 Å². The molecule has 0 aliphatic carbocycles. The summed E-state index contributed by atoms with van der Waals surface area (Å²) in [6, 6.07) is 0. The maximum atomic E-state index is 11.7. The molecule has 1 amide bonds. The van der Waals surface area contributed by atoms with Crippen LogP contribution in [0.25, 0.3) is 10.2 Å². The average Bonchev–Trinajstić information content (AvgIpc) is 2.83. The third-order valence-corrected chi connectivity index (χ3v) is 5.22. The number of rotatable bonds is 3. The maximum absolute atomic E-state index is 11.7. The fraction of sp³-hybridized carbons (Fsp3) is 0.500. The van der Waals surface area contributed by atoms with Crippen molar-refractivity contribution < 1.29 is 4.79 Å². The minimum Gasteiger partial charge on any atom is -0.349 e. The van der Waals surface area contributed by atoms with E-state index in [4.69, 9.17) is 11.6 Å². The third kappa shape index (κ3) is 2.88. The summed E-state index contributed by atoms with van der Waals surface area (Å²) in [5.74, 6) is 0.172. The van der Waals surface area contributed by atoms with Gasteiger partial charge in [-0.25, -0.2) is 9.97 Å². The first-order valence-electron chi connectivity index (χ1n) is 6.89. The van der Waals surface area contributed by atoms with Crippen LogP contribution in [0.3, 0.4) is 0 Å². The molecule has 112 valence electrons. The molecule has 2 aromatic heterocycles. The molecular weight excluding hydrogens is 308 g/mol. The Labute approximate surface area is 132 Å². The van der Waals surface area contributed by atoms with Gasteiger partial charge in [0.15, 0.2) is 0 Å². The van der Waals surface area contributed by atoms with Crippen LogP contribution in [-0.4, -0.2) is 52.9 Å². The fourth-order valence-corrected chi connectivity index (χ4v) is 4.14. The number of hydrogen-bond donors (Lipinski definition) is 0. The van der Waals surface area contributed by atoms with E-state index < -0.39 is 0 Å². The van der Waals surface area contributed by atoms with Crippen LogP contribution in [0.4, 0.5) is 0 Å². The van der Waals surface area contributed by atoms with Gasteiger partial charge in [-0.1, -0.05) is 11.6 Å².